The summed E-state index contributed by atoms with van der Waals surface area (Å²) < 4.78 is 16.0. The van der Waals surface area contributed by atoms with Crippen LogP contribution in [0.1, 0.15) is 0 Å². The van der Waals surface area contributed by atoms with E-state index in [1.807, 2.05) is 0 Å². The third-order valence-electron chi connectivity index (χ3n) is 3.41. The molecule has 0 aliphatic rings. The highest BCUT2D eigenvalue weighted by Gasteiger charge is 2.16. The van der Waals surface area contributed by atoms with Crippen LogP contribution in [0.2, 0.25) is 0 Å². The van der Waals surface area contributed by atoms with E-state index >= 15 is 0 Å². The van der Waals surface area contributed by atoms with Crippen LogP contribution in [0.15, 0.2) is 18.3 Å². The molecular formula is C15H16N6O3. The van der Waals surface area contributed by atoms with Crippen LogP contribution in [-0.4, -0.2) is 41.3 Å². The first kappa shape index (κ1) is 15.5. The summed E-state index contributed by atoms with van der Waals surface area (Å²) >= 11 is 0. The minimum Gasteiger partial charge on any atom is -0.493 e. The first-order valence-corrected chi connectivity index (χ1v) is 6.93. The zero-order valence-electron chi connectivity index (χ0n) is 13.4. The van der Waals surface area contributed by atoms with Crippen molar-refractivity contribution in [2.45, 2.75) is 0 Å². The minimum atomic E-state index is 0.0508. The molecule has 0 saturated carbocycles. The average molecular weight is 328 g/mol. The van der Waals surface area contributed by atoms with Crippen LogP contribution in [0.3, 0.4) is 0 Å². The number of aromatic nitrogens is 4. The Morgan fingerprint density at radius 2 is 1.54 bits per heavy atom. The normalized spacial score (nSPS) is 10.6. The van der Waals surface area contributed by atoms with E-state index in [1.54, 1.807) is 32.5 Å². The molecule has 9 heteroatoms. The van der Waals surface area contributed by atoms with Crippen LogP contribution in [0.5, 0.6) is 17.2 Å². The summed E-state index contributed by atoms with van der Waals surface area (Å²) in [7, 11) is 4.63. The Kier molecular flexibility index (Phi) is 3.90. The molecule has 4 N–H and O–H groups in total. The molecule has 0 aliphatic carbocycles. The number of nitrogen functional groups attached to an aromatic ring is 2. The van der Waals surface area contributed by atoms with Gasteiger partial charge in [-0.3, -0.25) is 0 Å². The SMILES string of the molecule is COc1cc(-c2cnc3nc(N)nc(N)c3n2)cc(OC)c1OC. The lowest BCUT2D eigenvalue weighted by Crippen LogP contribution is -2.03. The Morgan fingerprint density at radius 1 is 0.875 bits per heavy atom. The zero-order chi connectivity index (χ0) is 17.3. The van der Waals surface area contributed by atoms with Crippen molar-refractivity contribution in [3.8, 4) is 28.5 Å². The van der Waals surface area contributed by atoms with Crippen LogP contribution in [-0.2, 0) is 0 Å². The molecule has 124 valence electrons. The van der Waals surface area contributed by atoms with E-state index in [-0.39, 0.29) is 11.8 Å². The van der Waals surface area contributed by atoms with Gasteiger partial charge in [-0.15, -0.1) is 0 Å². The minimum absolute atomic E-state index is 0.0508. The van der Waals surface area contributed by atoms with Gasteiger partial charge < -0.3 is 25.7 Å². The number of rotatable bonds is 4. The van der Waals surface area contributed by atoms with Crippen molar-refractivity contribution in [1.29, 1.82) is 0 Å². The van der Waals surface area contributed by atoms with E-state index in [9.17, 15) is 0 Å². The zero-order valence-corrected chi connectivity index (χ0v) is 13.4. The Balaban J connectivity index is 2.20. The quantitative estimate of drug-likeness (QED) is 0.726. The second kappa shape index (κ2) is 6.03. The molecule has 0 saturated heterocycles. The Bertz CT molecular complexity index is 890. The number of anilines is 2. The van der Waals surface area contributed by atoms with Crippen LogP contribution in [0.25, 0.3) is 22.4 Å². The van der Waals surface area contributed by atoms with Gasteiger partial charge in [0.05, 0.1) is 33.2 Å². The molecule has 24 heavy (non-hydrogen) atoms. The molecule has 3 aromatic rings. The lowest BCUT2D eigenvalue weighted by molar-refractivity contribution is 0.324. The molecule has 0 radical (unpaired) electrons. The molecule has 2 aromatic heterocycles. The van der Waals surface area contributed by atoms with Gasteiger partial charge in [-0.2, -0.15) is 9.97 Å². The van der Waals surface area contributed by atoms with Gasteiger partial charge in [-0.05, 0) is 12.1 Å². The Hall–Kier alpha value is -3.36. The lowest BCUT2D eigenvalue weighted by Gasteiger charge is -2.14. The highest BCUT2D eigenvalue weighted by Crippen LogP contribution is 2.40. The topological polar surface area (TPSA) is 131 Å². The first-order chi connectivity index (χ1) is 11.6. The lowest BCUT2D eigenvalue weighted by atomic mass is 10.1. The number of hydrogen-bond acceptors (Lipinski definition) is 9. The number of benzene rings is 1. The summed E-state index contributed by atoms with van der Waals surface area (Å²) in [5, 5.41) is 0. The van der Waals surface area contributed by atoms with Crippen LogP contribution >= 0.6 is 0 Å². The van der Waals surface area contributed by atoms with Gasteiger partial charge in [0.1, 0.15) is 0 Å². The van der Waals surface area contributed by atoms with Crippen molar-refractivity contribution in [3.63, 3.8) is 0 Å². The molecule has 0 atom stereocenters. The number of methoxy groups -OCH3 is 3. The van der Waals surface area contributed by atoms with E-state index < -0.39 is 0 Å². The maximum atomic E-state index is 5.86. The van der Waals surface area contributed by atoms with Gasteiger partial charge in [0.2, 0.25) is 11.7 Å². The third-order valence-corrected chi connectivity index (χ3v) is 3.41. The van der Waals surface area contributed by atoms with Crippen LogP contribution in [0.4, 0.5) is 11.8 Å². The van der Waals surface area contributed by atoms with E-state index in [2.05, 4.69) is 19.9 Å². The highest BCUT2D eigenvalue weighted by atomic mass is 16.5. The highest BCUT2D eigenvalue weighted by molar-refractivity contribution is 5.84. The number of nitrogens with zero attached hydrogens (tertiary/aromatic N) is 4. The van der Waals surface area contributed by atoms with Gasteiger partial charge >= 0.3 is 0 Å². The smallest absolute Gasteiger partial charge is 0.224 e. The summed E-state index contributed by atoms with van der Waals surface area (Å²) in [6, 6.07) is 3.54. The second-order valence-corrected chi connectivity index (χ2v) is 4.81. The van der Waals surface area contributed by atoms with E-state index in [0.29, 0.717) is 34.1 Å². The van der Waals surface area contributed by atoms with Crippen molar-refractivity contribution in [1.82, 2.24) is 19.9 Å². The predicted molar refractivity (Wildman–Crippen MR) is 89.0 cm³/mol. The fraction of sp³-hybridized carbons (Fsp3) is 0.200. The molecule has 9 nitrogen and oxygen atoms in total. The molecular weight excluding hydrogens is 312 g/mol. The molecule has 3 rings (SSSR count). The third kappa shape index (κ3) is 2.56. The Morgan fingerprint density at radius 3 is 2.12 bits per heavy atom. The molecule has 2 heterocycles. The summed E-state index contributed by atoms with van der Waals surface area (Å²) in [6.45, 7) is 0. The molecule has 0 bridgehead atoms. The average Bonchev–Trinajstić information content (AvgIpc) is 2.59. The van der Waals surface area contributed by atoms with Gasteiger partial charge in [0.25, 0.3) is 0 Å². The predicted octanol–water partition coefficient (Wildman–Crippen LogP) is 1.28. The Labute approximate surface area is 137 Å². The maximum absolute atomic E-state index is 5.86. The van der Waals surface area contributed by atoms with Crippen molar-refractivity contribution in [3.05, 3.63) is 18.3 Å². The second-order valence-electron chi connectivity index (χ2n) is 4.81. The summed E-state index contributed by atoms with van der Waals surface area (Å²) in [5.41, 5.74) is 13.4. The monoisotopic (exact) mass is 328 g/mol. The van der Waals surface area contributed by atoms with Gasteiger partial charge in [-0.1, -0.05) is 0 Å². The summed E-state index contributed by atoms with van der Waals surface area (Å²) in [5.74, 6) is 1.73. The number of hydrogen-bond donors (Lipinski definition) is 2. The summed E-state index contributed by atoms with van der Waals surface area (Å²) in [4.78, 5) is 16.6. The maximum Gasteiger partial charge on any atom is 0.224 e. The standard InChI is InChI=1S/C15H16N6O3/c1-22-9-4-7(5-10(23-2)12(9)24-3)8-6-18-14-11(19-8)13(16)20-15(17)21-14/h4-6H,1-3H3,(H4,16,17,18,20,21). The fourth-order valence-corrected chi connectivity index (χ4v) is 2.31. The molecule has 0 spiro atoms. The molecule has 0 fully saturated rings. The van der Waals surface area contributed by atoms with Crippen LogP contribution < -0.4 is 25.7 Å². The molecule has 0 unspecified atom stereocenters. The number of ether oxygens (including phenoxy) is 3. The van der Waals surface area contributed by atoms with E-state index in [1.165, 1.54) is 7.11 Å². The fourth-order valence-electron chi connectivity index (χ4n) is 2.31. The molecule has 0 amide bonds. The summed E-state index contributed by atoms with van der Waals surface area (Å²) in [6.07, 6.45) is 1.56. The molecule has 1 aromatic carbocycles. The van der Waals surface area contributed by atoms with E-state index in [4.69, 9.17) is 25.7 Å². The first-order valence-electron chi connectivity index (χ1n) is 6.93. The van der Waals surface area contributed by atoms with Crippen molar-refractivity contribution in [2.24, 2.45) is 0 Å². The van der Waals surface area contributed by atoms with E-state index in [0.717, 1.165) is 5.56 Å². The van der Waals surface area contributed by atoms with Gasteiger partial charge in [-0.25, -0.2) is 9.97 Å². The van der Waals surface area contributed by atoms with Crippen molar-refractivity contribution >= 4 is 22.9 Å². The largest absolute Gasteiger partial charge is 0.493 e. The van der Waals surface area contributed by atoms with Gasteiger partial charge in [0, 0.05) is 5.56 Å². The van der Waals surface area contributed by atoms with Crippen molar-refractivity contribution in [2.75, 3.05) is 32.8 Å². The number of fused-ring (bicyclic) bond motifs is 1. The number of nitrogens with two attached hydrogens (primary N) is 2. The van der Waals surface area contributed by atoms with Crippen LogP contribution in [0, 0.1) is 0 Å². The van der Waals surface area contributed by atoms with Crippen molar-refractivity contribution < 1.29 is 14.2 Å². The molecule has 0 aliphatic heterocycles. The van der Waals surface area contributed by atoms with Gasteiger partial charge in [0.15, 0.2) is 28.5 Å².